The molecule has 78 valence electrons. The second-order valence-corrected chi connectivity index (χ2v) is 3.97. The molecule has 2 rings (SSSR count). The Morgan fingerprint density at radius 2 is 1.27 bits per heavy atom. The van der Waals surface area contributed by atoms with Crippen LogP contribution in [0.25, 0.3) is 11.1 Å². The Morgan fingerprint density at radius 1 is 0.733 bits per heavy atom. The maximum Gasteiger partial charge on any atom is 0.00695 e. The van der Waals surface area contributed by atoms with Crippen molar-refractivity contribution >= 4 is 25.3 Å². The molecule has 0 amide bonds. The summed E-state index contributed by atoms with van der Waals surface area (Å²) in [5.41, 5.74) is 2.56. The van der Waals surface area contributed by atoms with Crippen LogP contribution in [0.15, 0.2) is 59.5 Å². The standard InChI is InChI=1S/C13H12S.H2S/c1-14-13-9-7-12(8-10-13)11-5-3-2-4-6-11;/h2-10H,1H3;1H2. The molecule has 0 aromatic heterocycles. The van der Waals surface area contributed by atoms with Crippen LogP contribution in [0.4, 0.5) is 0 Å². The van der Waals surface area contributed by atoms with Crippen molar-refractivity contribution in [3.05, 3.63) is 54.6 Å². The lowest BCUT2D eigenvalue weighted by Crippen LogP contribution is -1.76. The van der Waals surface area contributed by atoms with E-state index >= 15 is 0 Å². The molecule has 0 aliphatic heterocycles. The molecule has 0 heterocycles. The second kappa shape index (κ2) is 5.89. The first kappa shape index (κ1) is 12.2. The molecule has 0 atom stereocenters. The minimum atomic E-state index is 0. The van der Waals surface area contributed by atoms with E-state index in [2.05, 4.69) is 54.8 Å². The molecular weight excluding hydrogens is 220 g/mol. The Labute approximate surface area is 102 Å². The van der Waals surface area contributed by atoms with Gasteiger partial charge in [-0.2, -0.15) is 13.5 Å². The van der Waals surface area contributed by atoms with E-state index < -0.39 is 0 Å². The van der Waals surface area contributed by atoms with Gasteiger partial charge in [0.2, 0.25) is 0 Å². The third kappa shape index (κ3) is 3.05. The summed E-state index contributed by atoms with van der Waals surface area (Å²) >= 11 is 1.77. The van der Waals surface area contributed by atoms with Crippen LogP contribution >= 0.6 is 25.3 Å². The molecular formula is C13H14S2. The van der Waals surface area contributed by atoms with Gasteiger partial charge in [0.15, 0.2) is 0 Å². The average molecular weight is 234 g/mol. The van der Waals surface area contributed by atoms with E-state index in [1.165, 1.54) is 16.0 Å². The Kier molecular flexibility index (Phi) is 4.79. The maximum absolute atomic E-state index is 2.17. The van der Waals surface area contributed by atoms with E-state index in [-0.39, 0.29) is 13.5 Å². The van der Waals surface area contributed by atoms with Crippen molar-refractivity contribution < 1.29 is 0 Å². The zero-order chi connectivity index (χ0) is 9.80. The highest BCUT2D eigenvalue weighted by Gasteiger charge is 1.95. The lowest BCUT2D eigenvalue weighted by Gasteiger charge is -2.01. The predicted octanol–water partition coefficient (Wildman–Crippen LogP) is 4.19. The molecule has 0 unspecified atom stereocenters. The Hall–Kier alpha value is -0.860. The average Bonchev–Trinajstić information content (AvgIpc) is 2.30. The van der Waals surface area contributed by atoms with Crippen LogP contribution in [0.5, 0.6) is 0 Å². The number of benzene rings is 2. The van der Waals surface area contributed by atoms with Gasteiger partial charge in [0.1, 0.15) is 0 Å². The van der Waals surface area contributed by atoms with Crippen molar-refractivity contribution in [3.63, 3.8) is 0 Å². The molecule has 0 fully saturated rings. The van der Waals surface area contributed by atoms with E-state index in [1.807, 2.05) is 6.07 Å². The summed E-state index contributed by atoms with van der Waals surface area (Å²) in [5, 5.41) is 0. The molecule has 2 heteroatoms. The van der Waals surface area contributed by atoms with Gasteiger partial charge in [-0.3, -0.25) is 0 Å². The third-order valence-corrected chi connectivity index (χ3v) is 2.94. The fraction of sp³-hybridized carbons (Fsp3) is 0.0769. The highest BCUT2D eigenvalue weighted by Crippen LogP contribution is 2.22. The number of hydrogen-bond acceptors (Lipinski definition) is 1. The highest BCUT2D eigenvalue weighted by atomic mass is 32.2. The van der Waals surface area contributed by atoms with Gasteiger partial charge in [0.05, 0.1) is 0 Å². The Morgan fingerprint density at radius 3 is 1.80 bits per heavy atom. The molecule has 0 saturated heterocycles. The van der Waals surface area contributed by atoms with Crippen molar-refractivity contribution in [1.29, 1.82) is 0 Å². The van der Waals surface area contributed by atoms with Crippen LogP contribution in [0, 0.1) is 0 Å². The summed E-state index contributed by atoms with van der Waals surface area (Å²) in [6, 6.07) is 19.1. The maximum atomic E-state index is 2.17. The molecule has 2 aromatic rings. The van der Waals surface area contributed by atoms with E-state index in [1.54, 1.807) is 11.8 Å². The van der Waals surface area contributed by atoms with Crippen molar-refractivity contribution in [2.24, 2.45) is 0 Å². The Balaban J connectivity index is 0.00000112. The normalized spacial score (nSPS) is 9.40. The zero-order valence-corrected chi connectivity index (χ0v) is 10.4. The third-order valence-electron chi connectivity index (χ3n) is 2.20. The summed E-state index contributed by atoms with van der Waals surface area (Å²) in [6.07, 6.45) is 2.09. The van der Waals surface area contributed by atoms with Gasteiger partial charge < -0.3 is 0 Å². The second-order valence-electron chi connectivity index (χ2n) is 3.09. The van der Waals surface area contributed by atoms with Gasteiger partial charge in [0, 0.05) is 4.90 Å². The van der Waals surface area contributed by atoms with Crippen molar-refractivity contribution in [2.45, 2.75) is 4.90 Å². The minimum Gasteiger partial charge on any atom is -0.197 e. The summed E-state index contributed by atoms with van der Waals surface area (Å²) in [5.74, 6) is 0. The smallest absolute Gasteiger partial charge is 0.00695 e. The number of thioether (sulfide) groups is 1. The molecule has 0 nitrogen and oxygen atoms in total. The molecule has 15 heavy (non-hydrogen) atoms. The van der Waals surface area contributed by atoms with Crippen LogP contribution in [0.3, 0.4) is 0 Å². The largest absolute Gasteiger partial charge is 0.197 e. The van der Waals surface area contributed by atoms with Crippen molar-refractivity contribution in [1.82, 2.24) is 0 Å². The number of hydrogen-bond donors (Lipinski definition) is 0. The molecule has 0 radical (unpaired) electrons. The molecule has 0 aliphatic rings. The van der Waals surface area contributed by atoms with Crippen LogP contribution in [-0.2, 0) is 0 Å². The van der Waals surface area contributed by atoms with Gasteiger partial charge in [-0.25, -0.2) is 0 Å². The van der Waals surface area contributed by atoms with Gasteiger partial charge in [-0.15, -0.1) is 11.8 Å². The quantitative estimate of drug-likeness (QED) is 0.702. The van der Waals surface area contributed by atoms with Crippen molar-refractivity contribution in [2.75, 3.05) is 6.26 Å². The first-order valence-electron chi connectivity index (χ1n) is 4.59. The fourth-order valence-electron chi connectivity index (χ4n) is 1.41. The van der Waals surface area contributed by atoms with Crippen LogP contribution in [0.1, 0.15) is 0 Å². The highest BCUT2D eigenvalue weighted by molar-refractivity contribution is 7.98. The lowest BCUT2D eigenvalue weighted by atomic mass is 10.1. The predicted molar refractivity (Wildman–Crippen MR) is 74.0 cm³/mol. The zero-order valence-electron chi connectivity index (χ0n) is 8.60. The van der Waals surface area contributed by atoms with E-state index in [4.69, 9.17) is 0 Å². The monoisotopic (exact) mass is 234 g/mol. The number of rotatable bonds is 2. The lowest BCUT2D eigenvalue weighted by molar-refractivity contribution is 1.46. The molecule has 2 aromatic carbocycles. The minimum absolute atomic E-state index is 0. The van der Waals surface area contributed by atoms with E-state index in [9.17, 15) is 0 Å². The van der Waals surface area contributed by atoms with Crippen LogP contribution < -0.4 is 0 Å². The molecule has 0 aliphatic carbocycles. The Bertz CT molecular complexity index is 393. The molecule has 0 spiro atoms. The fourth-order valence-corrected chi connectivity index (χ4v) is 1.82. The summed E-state index contributed by atoms with van der Waals surface area (Å²) in [4.78, 5) is 1.31. The van der Waals surface area contributed by atoms with Crippen molar-refractivity contribution in [3.8, 4) is 11.1 Å². The van der Waals surface area contributed by atoms with E-state index in [0.29, 0.717) is 0 Å². The summed E-state index contributed by atoms with van der Waals surface area (Å²) in [7, 11) is 0. The summed E-state index contributed by atoms with van der Waals surface area (Å²) in [6.45, 7) is 0. The van der Waals surface area contributed by atoms with Gasteiger partial charge in [0.25, 0.3) is 0 Å². The first-order chi connectivity index (χ1) is 6.90. The first-order valence-corrected chi connectivity index (χ1v) is 5.82. The molecule has 0 N–H and O–H groups in total. The summed E-state index contributed by atoms with van der Waals surface area (Å²) < 4.78 is 0. The molecule has 0 bridgehead atoms. The van der Waals surface area contributed by atoms with Gasteiger partial charge in [-0.05, 0) is 29.5 Å². The van der Waals surface area contributed by atoms with Gasteiger partial charge in [-0.1, -0.05) is 42.5 Å². The van der Waals surface area contributed by atoms with E-state index in [0.717, 1.165) is 0 Å². The topological polar surface area (TPSA) is 0 Å². The van der Waals surface area contributed by atoms with Crippen LogP contribution in [0.2, 0.25) is 0 Å². The van der Waals surface area contributed by atoms with Crippen LogP contribution in [-0.4, -0.2) is 6.26 Å². The van der Waals surface area contributed by atoms with Gasteiger partial charge >= 0.3 is 0 Å². The molecule has 0 saturated carbocycles. The SMILES string of the molecule is CSc1ccc(-c2ccccc2)cc1.S.